The lowest BCUT2D eigenvalue weighted by Gasteiger charge is -2.28. The molecule has 0 aliphatic rings. The number of hydrogen-bond donors (Lipinski definition) is 2. The fourth-order valence-corrected chi connectivity index (χ4v) is 2.81. The number of fused-ring (bicyclic) bond motifs is 1. The summed E-state index contributed by atoms with van der Waals surface area (Å²) in [5.41, 5.74) is 0.718. The third kappa shape index (κ3) is 3.41. The Kier molecular flexibility index (Phi) is 4.34. The summed E-state index contributed by atoms with van der Waals surface area (Å²) >= 11 is 6.05. The molecule has 0 saturated carbocycles. The van der Waals surface area contributed by atoms with Gasteiger partial charge in [-0.3, -0.25) is 4.79 Å². The number of H-pyrrole nitrogens is 1. The van der Waals surface area contributed by atoms with E-state index < -0.39 is 5.54 Å². The Balaban J connectivity index is 1.96. The van der Waals surface area contributed by atoms with Crippen LogP contribution in [0.5, 0.6) is 0 Å². The molecule has 0 radical (unpaired) electrons. The average Bonchev–Trinajstić information content (AvgIpc) is 2.96. The van der Waals surface area contributed by atoms with Crippen LogP contribution in [0.2, 0.25) is 5.02 Å². The van der Waals surface area contributed by atoms with Crippen LogP contribution in [0, 0.1) is 0 Å². The van der Waals surface area contributed by atoms with Gasteiger partial charge in [-0.05, 0) is 26.0 Å². The summed E-state index contributed by atoms with van der Waals surface area (Å²) in [5.74, 6) is 1.04. The SMILES string of the molecule is CN(C)C(=O)C(C)(C)Nc1ccnc(-c2c[nH]c3ncc(Cl)cc23)n1. The maximum absolute atomic E-state index is 12.3. The zero-order chi connectivity index (χ0) is 18.2. The molecule has 0 atom stereocenters. The van der Waals surface area contributed by atoms with E-state index in [0.717, 1.165) is 10.9 Å². The van der Waals surface area contributed by atoms with Gasteiger partial charge in [0.1, 0.15) is 17.0 Å². The highest BCUT2D eigenvalue weighted by molar-refractivity contribution is 6.31. The molecule has 3 rings (SSSR count). The number of rotatable bonds is 4. The van der Waals surface area contributed by atoms with Crippen molar-refractivity contribution in [2.75, 3.05) is 19.4 Å². The van der Waals surface area contributed by atoms with Gasteiger partial charge >= 0.3 is 0 Å². The normalized spacial score (nSPS) is 11.6. The van der Waals surface area contributed by atoms with E-state index in [1.807, 2.05) is 19.9 Å². The smallest absolute Gasteiger partial charge is 0.247 e. The Bertz CT molecular complexity index is 934. The van der Waals surface area contributed by atoms with Gasteiger partial charge in [-0.15, -0.1) is 0 Å². The van der Waals surface area contributed by atoms with Crippen molar-refractivity contribution in [3.8, 4) is 11.4 Å². The molecule has 8 heteroatoms. The standard InChI is InChI=1S/C17H19ClN6O/c1-17(2,16(25)24(3)4)23-13-5-6-19-15(22-13)12-9-21-14-11(12)7-10(18)8-20-14/h5-9H,1-4H3,(H,20,21)(H,19,22,23). The van der Waals surface area contributed by atoms with E-state index in [-0.39, 0.29) is 5.91 Å². The Morgan fingerprint density at radius 2 is 2.08 bits per heavy atom. The highest BCUT2D eigenvalue weighted by atomic mass is 35.5. The molecule has 130 valence electrons. The van der Waals surface area contributed by atoms with Crippen molar-refractivity contribution in [2.45, 2.75) is 19.4 Å². The molecule has 3 aromatic heterocycles. The molecular weight excluding hydrogens is 340 g/mol. The molecule has 0 aromatic carbocycles. The number of carbonyl (C=O) groups is 1. The van der Waals surface area contributed by atoms with Crippen molar-refractivity contribution in [3.63, 3.8) is 0 Å². The Morgan fingerprint density at radius 3 is 2.80 bits per heavy atom. The molecule has 0 saturated heterocycles. The van der Waals surface area contributed by atoms with Crippen LogP contribution in [0.25, 0.3) is 22.4 Å². The number of aromatic amines is 1. The van der Waals surface area contributed by atoms with Crippen LogP contribution in [0.1, 0.15) is 13.8 Å². The fourth-order valence-electron chi connectivity index (χ4n) is 2.65. The molecule has 0 aliphatic heterocycles. The molecule has 0 unspecified atom stereocenters. The number of amides is 1. The number of nitrogens with zero attached hydrogens (tertiary/aromatic N) is 4. The third-order valence-electron chi connectivity index (χ3n) is 3.78. The number of anilines is 1. The predicted molar refractivity (Wildman–Crippen MR) is 98.5 cm³/mol. The van der Waals surface area contributed by atoms with Crippen LogP contribution in [0.4, 0.5) is 5.82 Å². The highest BCUT2D eigenvalue weighted by Crippen LogP contribution is 2.28. The number of likely N-dealkylation sites (N-methyl/N-ethyl adjacent to an activating group) is 1. The van der Waals surface area contributed by atoms with Crippen LogP contribution in [-0.4, -0.2) is 50.4 Å². The first kappa shape index (κ1) is 17.2. The third-order valence-corrected chi connectivity index (χ3v) is 3.98. The lowest BCUT2D eigenvalue weighted by molar-refractivity contribution is -0.132. The average molecular weight is 359 g/mol. The van der Waals surface area contributed by atoms with Crippen LogP contribution >= 0.6 is 11.6 Å². The maximum atomic E-state index is 12.3. The monoisotopic (exact) mass is 358 g/mol. The largest absolute Gasteiger partial charge is 0.356 e. The first-order valence-electron chi connectivity index (χ1n) is 7.74. The number of hydrogen-bond acceptors (Lipinski definition) is 5. The summed E-state index contributed by atoms with van der Waals surface area (Å²) < 4.78 is 0. The van der Waals surface area contributed by atoms with Crippen molar-refractivity contribution in [1.82, 2.24) is 24.8 Å². The first-order valence-corrected chi connectivity index (χ1v) is 8.12. The van der Waals surface area contributed by atoms with Gasteiger partial charge in [0.05, 0.1) is 5.02 Å². The predicted octanol–water partition coefficient (Wildman–Crippen LogP) is 2.95. The van der Waals surface area contributed by atoms with E-state index in [1.54, 1.807) is 43.7 Å². The van der Waals surface area contributed by atoms with Crippen LogP contribution in [0.3, 0.4) is 0 Å². The number of pyridine rings is 1. The van der Waals surface area contributed by atoms with Crippen LogP contribution in [-0.2, 0) is 4.79 Å². The first-order chi connectivity index (χ1) is 11.8. The van der Waals surface area contributed by atoms with E-state index in [9.17, 15) is 4.79 Å². The minimum atomic E-state index is -0.791. The Labute approximate surface area is 150 Å². The van der Waals surface area contributed by atoms with E-state index >= 15 is 0 Å². The van der Waals surface area contributed by atoms with Gasteiger partial charge in [0.15, 0.2) is 5.82 Å². The Hall–Kier alpha value is -2.67. The topological polar surface area (TPSA) is 86.8 Å². The molecule has 25 heavy (non-hydrogen) atoms. The van der Waals surface area contributed by atoms with Gasteiger partial charge in [-0.25, -0.2) is 15.0 Å². The molecule has 7 nitrogen and oxygen atoms in total. The summed E-state index contributed by atoms with van der Waals surface area (Å²) in [5, 5.41) is 4.55. The molecule has 2 N–H and O–H groups in total. The summed E-state index contributed by atoms with van der Waals surface area (Å²) in [6, 6.07) is 3.55. The fraction of sp³-hybridized carbons (Fsp3) is 0.294. The summed E-state index contributed by atoms with van der Waals surface area (Å²) in [4.78, 5) is 30.0. The van der Waals surface area contributed by atoms with Gasteiger partial charge in [-0.2, -0.15) is 0 Å². The summed E-state index contributed by atoms with van der Waals surface area (Å²) in [7, 11) is 3.44. The molecule has 0 bridgehead atoms. The molecule has 0 fully saturated rings. The summed E-state index contributed by atoms with van der Waals surface area (Å²) in [6.45, 7) is 3.62. The second-order valence-electron chi connectivity index (χ2n) is 6.47. The van der Waals surface area contributed by atoms with E-state index in [4.69, 9.17) is 11.6 Å². The number of aromatic nitrogens is 4. The van der Waals surface area contributed by atoms with Crippen molar-refractivity contribution in [1.29, 1.82) is 0 Å². The molecule has 3 aromatic rings. The maximum Gasteiger partial charge on any atom is 0.247 e. The van der Waals surface area contributed by atoms with Crippen molar-refractivity contribution >= 4 is 34.4 Å². The quantitative estimate of drug-likeness (QED) is 0.748. The molecule has 3 heterocycles. The minimum Gasteiger partial charge on any atom is -0.356 e. The second kappa shape index (κ2) is 6.33. The van der Waals surface area contributed by atoms with Gasteiger partial charge in [-0.1, -0.05) is 11.6 Å². The van der Waals surface area contributed by atoms with Crippen molar-refractivity contribution in [2.24, 2.45) is 0 Å². The van der Waals surface area contributed by atoms with E-state index in [1.165, 1.54) is 0 Å². The van der Waals surface area contributed by atoms with Crippen molar-refractivity contribution < 1.29 is 4.79 Å². The number of nitrogens with one attached hydrogen (secondary N) is 2. The van der Waals surface area contributed by atoms with Crippen LogP contribution < -0.4 is 5.32 Å². The molecule has 0 spiro atoms. The minimum absolute atomic E-state index is 0.0456. The van der Waals surface area contributed by atoms with Crippen LogP contribution in [0.15, 0.2) is 30.7 Å². The molecule has 1 amide bonds. The van der Waals surface area contributed by atoms with E-state index in [0.29, 0.717) is 22.3 Å². The Morgan fingerprint density at radius 1 is 1.32 bits per heavy atom. The van der Waals surface area contributed by atoms with Gasteiger partial charge in [0.25, 0.3) is 0 Å². The lowest BCUT2D eigenvalue weighted by Crippen LogP contribution is -2.47. The molecular formula is C17H19ClN6O. The highest BCUT2D eigenvalue weighted by Gasteiger charge is 2.29. The van der Waals surface area contributed by atoms with Gasteiger partial charge in [0.2, 0.25) is 5.91 Å². The number of halogens is 1. The zero-order valence-corrected chi connectivity index (χ0v) is 15.2. The zero-order valence-electron chi connectivity index (χ0n) is 14.5. The number of carbonyl (C=O) groups excluding carboxylic acids is 1. The van der Waals surface area contributed by atoms with Crippen molar-refractivity contribution in [3.05, 3.63) is 35.7 Å². The lowest BCUT2D eigenvalue weighted by atomic mass is 10.0. The molecule has 0 aliphatic carbocycles. The van der Waals surface area contributed by atoms with E-state index in [2.05, 4.69) is 25.3 Å². The van der Waals surface area contributed by atoms with Gasteiger partial charge in [0, 0.05) is 43.6 Å². The van der Waals surface area contributed by atoms with Gasteiger partial charge < -0.3 is 15.2 Å². The summed E-state index contributed by atoms with van der Waals surface area (Å²) in [6.07, 6.45) is 5.03. The second-order valence-corrected chi connectivity index (χ2v) is 6.90.